The molecule has 0 aliphatic carbocycles. The lowest BCUT2D eigenvalue weighted by atomic mass is 9.99. The number of aliphatic hydroxyl groups excluding tert-OH is 1. The van der Waals surface area contributed by atoms with Gasteiger partial charge in [-0.25, -0.2) is 0 Å². The predicted octanol–water partition coefficient (Wildman–Crippen LogP) is -0.315. The lowest BCUT2D eigenvalue weighted by Crippen LogP contribution is -2.59. The standard InChI is InChI=1S/C33H44N6O7/c1-20(2)28(30(35)43)38-32(45)25-14-9-17-39(25)33(46)29(42)23(18-22-12-7-4-8-13-22)37-31(44)24(19-26(34)40)36-27(41)16-15-21-10-5-3-6-11-21/h3-8,10-13,20,23-25,28-29,42H,9,14-19H2,1-2H3,(H2,34,40)(H2,35,43)(H,36,41)(H,37,44)(H,38,45)/t23-,24-,25-,28-,29-/m0/s1. The summed E-state index contributed by atoms with van der Waals surface area (Å²) in [5.74, 6) is -4.48. The monoisotopic (exact) mass is 636 g/mol. The van der Waals surface area contributed by atoms with Crippen LogP contribution in [0.2, 0.25) is 0 Å². The Kier molecular flexibility index (Phi) is 13.2. The SMILES string of the molecule is CC(C)[C@H](NC(=O)[C@@H]1CCCN1C(=O)[C@@H](O)[C@H](Cc1ccccc1)NC(=O)[C@H](CC(N)=O)NC(=O)CCc1ccccc1)C(N)=O. The number of nitrogens with two attached hydrogens (primary N) is 2. The molecule has 2 aromatic carbocycles. The maximum Gasteiger partial charge on any atom is 0.254 e. The normalized spacial score (nSPS) is 17.0. The summed E-state index contributed by atoms with van der Waals surface area (Å²) in [5.41, 5.74) is 12.4. The van der Waals surface area contributed by atoms with E-state index in [1.54, 1.807) is 44.2 Å². The fraction of sp³-hybridized carbons (Fsp3) is 0.455. The summed E-state index contributed by atoms with van der Waals surface area (Å²) >= 11 is 0. The van der Waals surface area contributed by atoms with Crippen LogP contribution < -0.4 is 27.4 Å². The second-order valence-corrected chi connectivity index (χ2v) is 11.8. The molecule has 5 atom stereocenters. The van der Waals surface area contributed by atoms with Gasteiger partial charge in [0.25, 0.3) is 5.91 Å². The Bertz CT molecular complexity index is 1370. The van der Waals surface area contributed by atoms with Crippen molar-refractivity contribution in [1.29, 1.82) is 0 Å². The van der Waals surface area contributed by atoms with Gasteiger partial charge in [-0.2, -0.15) is 0 Å². The summed E-state index contributed by atoms with van der Waals surface area (Å²) in [6.07, 6.45) is -1.04. The number of carbonyl (C=O) groups excluding carboxylic acids is 6. The molecule has 1 fully saturated rings. The summed E-state index contributed by atoms with van der Waals surface area (Å²) < 4.78 is 0. The molecule has 46 heavy (non-hydrogen) atoms. The van der Waals surface area contributed by atoms with Crippen molar-refractivity contribution in [3.8, 4) is 0 Å². The van der Waals surface area contributed by atoms with E-state index in [0.717, 1.165) is 5.56 Å². The maximum atomic E-state index is 13.7. The van der Waals surface area contributed by atoms with Gasteiger partial charge in [-0.1, -0.05) is 74.5 Å². The number of carbonyl (C=O) groups is 6. The lowest BCUT2D eigenvalue weighted by molar-refractivity contribution is -0.147. The van der Waals surface area contributed by atoms with E-state index in [1.807, 2.05) is 30.3 Å². The van der Waals surface area contributed by atoms with Gasteiger partial charge in [-0.05, 0) is 42.7 Å². The fourth-order valence-corrected chi connectivity index (χ4v) is 5.43. The zero-order chi connectivity index (χ0) is 33.8. The maximum absolute atomic E-state index is 13.7. The Morgan fingerprint density at radius 2 is 1.50 bits per heavy atom. The van der Waals surface area contributed by atoms with Crippen molar-refractivity contribution < 1.29 is 33.9 Å². The molecule has 248 valence electrons. The molecule has 0 saturated carbocycles. The van der Waals surface area contributed by atoms with Crippen LogP contribution in [-0.2, 0) is 41.6 Å². The number of likely N-dealkylation sites (tertiary alicyclic amines) is 1. The van der Waals surface area contributed by atoms with Crippen molar-refractivity contribution >= 4 is 35.4 Å². The highest BCUT2D eigenvalue weighted by atomic mass is 16.3. The molecule has 3 rings (SSSR count). The summed E-state index contributed by atoms with van der Waals surface area (Å²) in [6.45, 7) is 3.63. The van der Waals surface area contributed by atoms with Crippen molar-refractivity contribution in [2.24, 2.45) is 17.4 Å². The van der Waals surface area contributed by atoms with Gasteiger partial charge < -0.3 is 37.4 Å². The number of amides is 6. The van der Waals surface area contributed by atoms with Gasteiger partial charge in [0, 0.05) is 13.0 Å². The molecular weight excluding hydrogens is 592 g/mol. The minimum Gasteiger partial charge on any atom is -0.381 e. The Hall–Kier alpha value is -4.78. The number of hydrogen-bond donors (Lipinski definition) is 6. The molecule has 0 bridgehead atoms. The molecule has 2 aromatic rings. The summed E-state index contributed by atoms with van der Waals surface area (Å²) in [6, 6.07) is 13.6. The molecule has 1 aliphatic heterocycles. The quantitative estimate of drug-likeness (QED) is 0.144. The van der Waals surface area contributed by atoms with Gasteiger partial charge >= 0.3 is 0 Å². The van der Waals surface area contributed by atoms with E-state index in [-0.39, 0.29) is 25.3 Å². The van der Waals surface area contributed by atoms with Crippen LogP contribution >= 0.6 is 0 Å². The second kappa shape index (κ2) is 17.1. The number of primary amides is 2. The summed E-state index contributed by atoms with van der Waals surface area (Å²) in [7, 11) is 0. The molecular formula is C33H44N6O7. The number of aliphatic hydroxyl groups is 1. The Balaban J connectivity index is 1.77. The van der Waals surface area contributed by atoms with E-state index < -0.39 is 72.1 Å². The fourth-order valence-electron chi connectivity index (χ4n) is 5.43. The Morgan fingerprint density at radius 3 is 2.07 bits per heavy atom. The molecule has 0 spiro atoms. The van der Waals surface area contributed by atoms with Crippen LogP contribution in [0.4, 0.5) is 0 Å². The largest absolute Gasteiger partial charge is 0.381 e. The van der Waals surface area contributed by atoms with Crippen LogP contribution in [0.25, 0.3) is 0 Å². The van der Waals surface area contributed by atoms with Gasteiger partial charge in [0.05, 0.1) is 12.5 Å². The van der Waals surface area contributed by atoms with Gasteiger partial charge in [0.1, 0.15) is 18.1 Å². The average Bonchev–Trinajstić information content (AvgIpc) is 3.52. The van der Waals surface area contributed by atoms with Crippen molar-refractivity contribution in [3.63, 3.8) is 0 Å². The predicted molar refractivity (Wildman–Crippen MR) is 169 cm³/mol. The number of nitrogens with one attached hydrogen (secondary N) is 3. The molecule has 0 aromatic heterocycles. The van der Waals surface area contributed by atoms with E-state index in [9.17, 15) is 33.9 Å². The van der Waals surface area contributed by atoms with E-state index >= 15 is 0 Å². The van der Waals surface area contributed by atoms with E-state index in [2.05, 4.69) is 16.0 Å². The van der Waals surface area contributed by atoms with Crippen LogP contribution in [0.1, 0.15) is 50.7 Å². The van der Waals surface area contributed by atoms with Crippen LogP contribution in [0.3, 0.4) is 0 Å². The third-order valence-electron chi connectivity index (χ3n) is 7.91. The van der Waals surface area contributed by atoms with E-state index in [1.165, 1.54) is 4.90 Å². The Morgan fingerprint density at radius 1 is 0.891 bits per heavy atom. The highest BCUT2D eigenvalue weighted by Crippen LogP contribution is 2.21. The van der Waals surface area contributed by atoms with Crippen LogP contribution in [0, 0.1) is 5.92 Å². The topological polar surface area (TPSA) is 214 Å². The second-order valence-electron chi connectivity index (χ2n) is 11.8. The van der Waals surface area contributed by atoms with Crippen LogP contribution in [0.15, 0.2) is 60.7 Å². The molecule has 1 heterocycles. The molecule has 13 nitrogen and oxygen atoms in total. The first kappa shape index (κ1) is 35.7. The third-order valence-corrected chi connectivity index (χ3v) is 7.91. The number of hydrogen-bond acceptors (Lipinski definition) is 7. The first-order valence-corrected chi connectivity index (χ1v) is 15.4. The molecule has 8 N–H and O–H groups in total. The highest BCUT2D eigenvalue weighted by Gasteiger charge is 2.41. The average molecular weight is 637 g/mol. The van der Waals surface area contributed by atoms with Gasteiger partial charge in [0.2, 0.25) is 29.5 Å². The van der Waals surface area contributed by atoms with Gasteiger partial charge in [-0.15, -0.1) is 0 Å². The first-order chi connectivity index (χ1) is 21.9. The zero-order valence-corrected chi connectivity index (χ0v) is 26.2. The molecule has 1 aliphatic rings. The molecule has 13 heteroatoms. The molecule has 1 saturated heterocycles. The number of benzene rings is 2. The lowest BCUT2D eigenvalue weighted by Gasteiger charge is -2.32. The Labute approximate surface area is 268 Å². The number of aryl methyl sites for hydroxylation is 1. The summed E-state index contributed by atoms with van der Waals surface area (Å²) in [4.78, 5) is 78.0. The van der Waals surface area contributed by atoms with Gasteiger partial charge in [-0.3, -0.25) is 28.8 Å². The molecule has 6 amide bonds. The third kappa shape index (κ3) is 10.4. The summed E-state index contributed by atoms with van der Waals surface area (Å²) in [5, 5.41) is 19.2. The minimum atomic E-state index is -1.79. The highest BCUT2D eigenvalue weighted by molar-refractivity contribution is 5.94. The molecule has 0 unspecified atom stereocenters. The number of rotatable bonds is 16. The number of nitrogens with zero attached hydrogens (tertiary/aromatic N) is 1. The van der Waals surface area contributed by atoms with E-state index in [4.69, 9.17) is 11.5 Å². The zero-order valence-electron chi connectivity index (χ0n) is 26.2. The molecule has 0 radical (unpaired) electrons. The van der Waals surface area contributed by atoms with Crippen molar-refractivity contribution in [3.05, 3.63) is 71.8 Å². The van der Waals surface area contributed by atoms with Crippen molar-refractivity contribution in [2.45, 2.75) is 82.6 Å². The van der Waals surface area contributed by atoms with Crippen molar-refractivity contribution in [2.75, 3.05) is 6.54 Å². The van der Waals surface area contributed by atoms with Crippen LogP contribution in [0.5, 0.6) is 0 Å². The smallest absolute Gasteiger partial charge is 0.254 e. The van der Waals surface area contributed by atoms with Crippen LogP contribution in [-0.4, -0.2) is 82.3 Å². The first-order valence-electron chi connectivity index (χ1n) is 15.4. The minimum absolute atomic E-state index is 0.0204. The van der Waals surface area contributed by atoms with Gasteiger partial charge in [0.15, 0.2) is 6.10 Å². The van der Waals surface area contributed by atoms with Crippen molar-refractivity contribution in [1.82, 2.24) is 20.9 Å². The van der Waals surface area contributed by atoms with E-state index in [0.29, 0.717) is 24.8 Å².